The minimum atomic E-state index is -1.14. The van der Waals surface area contributed by atoms with Crippen LogP contribution in [0.2, 0.25) is 5.02 Å². The highest BCUT2D eigenvalue weighted by Crippen LogP contribution is 2.30. The number of carboxylic acids is 1. The van der Waals surface area contributed by atoms with Crippen molar-refractivity contribution in [2.24, 2.45) is 0 Å². The van der Waals surface area contributed by atoms with Crippen LogP contribution >= 0.6 is 11.6 Å². The molecule has 82 valence electrons. The van der Waals surface area contributed by atoms with Crippen LogP contribution in [0.3, 0.4) is 0 Å². The predicted octanol–water partition coefficient (Wildman–Crippen LogP) is 3.00. The average Bonchev–Trinajstić information content (AvgIpc) is 2.61. The predicted molar refractivity (Wildman–Crippen MR) is 58.6 cm³/mol. The number of hydrogen-bond acceptors (Lipinski definition) is 3. The van der Waals surface area contributed by atoms with E-state index in [0.29, 0.717) is 21.8 Å². The van der Waals surface area contributed by atoms with Crippen molar-refractivity contribution in [3.05, 3.63) is 40.6 Å². The van der Waals surface area contributed by atoms with Gasteiger partial charge in [0.25, 0.3) is 0 Å². The van der Waals surface area contributed by atoms with Gasteiger partial charge < -0.3 is 9.63 Å². The van der Waals surface area contributed by atoms with E-state index in [2.05, 4.69) is 5.16 Å². The highest BCUT2D eigenvalue weighted by Gasteiger charge is 2.20. The molecule has 1 aromatic carbocycles. The summed E-state index contributed by atoms with van der Waals surface area (Å²) in [6.45, 7) is 1.64. The molecule has 5 heteroatoms. The van der Waals surface area contributed by atoms with E-state index in [4.69, 9.17) is 21.2 Å². The Morgan fingerprint density at radius 2 is 2.12 bits per heavy atom. The maximum absolute atomic E-state index is 10.8. The third-order valence-corrected chi connectivity index (χ3v) is 2.58. The number of halogens is 1. The third kappa shape index (κ3) is 1.67. The summed E-state index contributed by atoms with van der Waals surface area (Å²) in [7, 11) is 0. The molecule has 0 saturated heterocycles. The van der Waals surface area contributed by atoms with Gasteiger partial charge in [-0.25, -0.2) is 4.79 Å². The molecular weight excluding hydrogens is 230 g/mol. The fourth-order valence-electron chi connectivity index (χ4n) is 1.44. The number of aromatic carboxylic acids is 1. The average molecular weight is 238 g/mol. The minimum absolute atomic E-state index is 0.157. The Hall–Kier alpha value is -1.81. The lowest BCUT2D eigenvalue weighted by Crippen LogP contribution is -1.95. The number of aromatic nitrogens is 1. The molecule has 0 aliphatic heterocycles. The van der Waals surface area contributed by atoms with E-state index >= 15 is 0 Å². The van der Waals surface area contributed by atoms with Crippen molar-refractivity contribution in [3.63, 3.8) is 0 Å². The second kappa shape index (κ2) is 3.98. The molecule has 16 heavy (non-hydrogen) atoms. The van der Waals surface area contributed by atoms with Crippen LogP contribution in [0.1, 0.15) is 16.1 Å². The second-order valence-corrected chi connectivity index (χ2v) is 3.68. The first-order chi connectivity index (χ1) is 7.61. The zero-order chi connectivity index (χ0) is 11.7. The van der Waals surface area contributed by atoms with Crippen molar-refractivity contribution in [3.8, 4) is 11.3 Å². The van der Waals surface area contributed by atoms with E-state index in [1.54, 1.807) is 31.2 Å². The van der Waals surface area contributed by atoms with Gasteiger partial charge in [0.1, 0.15) is 5.69 Å². The molecule has 0 saturated carbocycles. The molecule has 0 atom stereocenters. The summed E-state index contributed by atoms with van der Waals surface area (Å²) in [5, 5.41) is 13.1. The molecular formula is C11H8ClNO3. The van der Waals surface area contributed by atoms with Crippen molar-refractivity contribution < 1.29 is 14.4 Å². The fourth-order valence-corrected chi connectivity index (χ4v) is 1.66. The number of hydrogen-bond donors (Lipinski definition) is 1. The third-order valence-electron chi connectivity index (χ3n) is 2.25. The van der Waals surface area contributed by atoms with Gasteiger partial charge in [-0.05, 0) is 13.0 Å². The van der Waals surface area contributed by atoms with E-state index in [1.807, 2.05) is 0 Å². The Morgan fingerprint density at radius 3 is 2.69 bits per heavy atom. The molecule has 2 rings (SSSR count). The van der Waals surface area contributed by atoms with Crippen molar-refractivity contribution >= 4 is 17.6 Å². The molecule has 1 aromatic heterocycles. The lowest BCUT2D eigenvalue weighted by Gasteiger charge is -1.99. The van der Waals surface area contributed by atoms with Gasteiger partial charge in [0.15, 0.2) is 0 Å². The summed E-state index contributed by atoms with van der Waals surface area (Å²) in [5.74, 6) is -1.29. The number of carboxylic acid groups (broad SMARTS) is 1. The van der Waals surface area contributed by atoms with Crippen LogP contribution in [0, 0.1) is 6.92 Å². The van der Waals surface area contributed by atoms with Crippen LogP contribution in [-0.4, -0.2) is 16.2 Å². The standard InChI is InChI=1S/C11H8ClNO3/c1-6-9(13-16-10(6)11(14)15)7-4-2-3-5-8(7)12/h2-5H,1H3,(H,14,15). The first-order valence-electron chi connectivity index (χ1n) is 4.55. The maximum Gasteiger partial charge on any atom is 0.375 e. The number of nitrogens with zero attached hydrogens (tertiary/aromatic N) is 1. The molecule has 0 bridgehead atoms. The van der Waals surface area contributed by atoms with Gasteiger partial charge in [-0.2, -0.15) is 0 Å². The van der Waals surface area contributed by atoms with Gasteiger partial charge in [-0.3, -0.25) is 0 Å². The molecule has 0 unspecified atom stereocenters. The molecule has 0 fully saturated rings. The Kier molecular flexibility index (Phi) is 2.66. The van der Waals surface area contributed by atoms with Gasteiger partial charge in [-0.1, -0.05) is 35.0 Å². The Morgan fingerprint density at radius 1 is 1.44 bits per heavy atom. The first-order valence-corrected chi connectivity index (χ1v) is 4.93. The fraction of sp³-hybridized carbons (Fsp3) is 0.0909. The zero-order valence-corrected chi connectivity index (χ0v) is 9.15. The summed E-state index contributed by atoms with van der Waals surface area (Å²) in [4.78, 5) is 10.8. The zero-order valence-electron chi connectivity index (χ0n) is 8.40. The van der Waals surface area contributed by atoms with Gasteiger partial charge in [0, 0.05) is 11.1 Å². The minimum Gasteiger partial charge on any atom is -0.475 e. The highest BCUT2D eigenvalue weighted by atomic mass is 35.5. The SMILES string of the molecule is Cc1c(-c2ccccc2Cl)noc1C(=O)O. The van der Waals surface area contributed by atoms with Gasteiger partial charge in [0.2, 0.25) is 5.76 Å². The maximum atomic E-state index is 10.8. The number of benzene rings is 1. The van der Waals surface area contributed by atoms with Crippen molar-refractivity contribution in [1.82, 2.24) is 5.16 Å². The molecule has 0 amide bonds. The monoisotopic (exact) mass is 237 g/mol. The van der Waals surface area contributed by atoms with Crippen LogP contribution < -0.4 is 0 Å². The molecule has 4 nitrogen and oxygen atoms in total. The topological polar surface area (TPSA) is 63.3 Å². The van der Waals surface area contributed by atoms with Gasteiger partial charge in [-0.15, -0.1) is 0 Å². The Labute approximate surface area is 96.4 Å². The van der Waals surface area contributed by atoms with Crippen molar-refractivity contribution in [2.75, 3.05) is 0 Å². The van der Waals surface area contributed by atoms with Crippen LogP contribution in [-0.2, 0) is 0 Å². The first kappa shape index (κ1) is 10.7. The lowest BCUT2D eigenvalue weighted by molar-refractivity contribution is 0.0651. The van der Waals surface area contributed by atoms with Crippen LogP contribution in [0.4, 0.5) is 0 Å². The highest BCUT2D eigenvalue weighted by molar-refractivity contribution is 6.33. The summed E-state index contributed by atoms with van der Waals surface area (Å²) in [6.07, 6.45) is 0. The summed E-state index contributed by atoms with van der Waals surface area (Å²) in [6, 6.07) is 7.07. The molecule has 1 heterocycles. The van der Waals surface area contributed by atoms with Crippen LogP contribution in [0.25, 0.3) is 11.3 Å². The van der Waals surface area contributed by atoms with E-state index in [9.17, 15) is 4.79 Å². The quantitative estimate of drug-likeness (QED) is 0.872. The molecule has 0 aliphatic carbocycles. The van der Waals surface area contributed by atoms with Crippen LogP contribution in [0.5, 0.6) is 0 Å². The molecule has 0 aliphatic rings. The summed E-state index contributed by atoms with van der Waals surface area (Å²) >= 11 is 5.99. The summed E-state index contributed by atoms with van der Waals surface area (Å²) in [5.41, 5.74) is 1.60. The van der Waals surface area contributed by atoms with E-state index in [1.165, 1.54) is 0 Å². The summed E-state index contributed by atoms with van der Waals surface area (Å²) < 4.78 is 4.76. The number of carbonyl (C=O) groups is 1. The van der Waals surface area contributed by atoms with E-state index in [-0.39, 0.29) is 5.76 Å². The van der Waals surface area contributed by atoms with E-state index in [0.717, 1.165) is 0 Å². The van der Waals surface area contributed by atoms with Crippen molar-refractivity contribution in [2.45, 2.75) is 6.92 Å². The molecule has 0 radical (unpaired) electrons. The largest absolute Gasteiger partial charge is 0.475 e. The van der Waals surface area contributed by atoms with E-state index < -0.39 is 5.97 Å². The van der Waals surface area contributed by atoms with Crippen molar-refractivity contribution in [1.29, 1.82) is 0 Å². The normalized spacial score (nSPS) is 10.4. The van der Waals surface area contributed by atoms with Gasteiger partial charge >= 0.3 is 5.97 Å². The second-order valence-electron chi connectivity index (χ2n) is 3.27. The molecule has 2 aromatic rings. The molecule has 0 spiro atoms. The Balaban J connectivity index is 2.58. The lowest BCUT2D eigenvalue weighted by atomic mass is 10.1. The molecule has 1 N–H and O–H groups in total. The smallest absolute Gasteiger partial charge is 0.375 e. The number of rotatable bonds is 2. The van der Waals surface area contributed by atoms with Gasteiger partial charge in [0.05, 0.1) is 5.02 Å². The Bertz CT molecular complexity index is 548. The van der Waals surface area contributed by atoms with Crippen LogP contribution in [0.15, 0.2) is 28.8 Å².